The van der Waals surface area contributed by atoms with E-state index in [1.807, 2.05) is 0 Å². The molecule has 2 N–H and O–H groups in total. The topological polar surface area (TPSA) is 77.4 Å². The third kappa shape index (κ3) is 3.59. The summed E-state index contributed by atoms with van der Waals surface area (Å²) >= 11 is 0. The van der Waals surface area contributed by atoms with Gasteiger partial charge in [-0.3, -0.25) is 9.48 Å². The summed E-state index contributed by atoms with van der Waals surface area (Å²) in [6.07, 6.45) is 3.29. The highest BCUT2D eigenvalue weighted by Gasteiger charge is 2.22. The number of methoxy groups -OCH3 is 2. The van der Waals surface area contributed by atoms with Crippen LogP contribution in [-0.4, -0.2) is 37.0 Å². The first kappa shape index (κ1) is 16.8. The van der Waals surface area contributed by atoms with Crippen LogP contribution in [0.2, 0.25) is 0 Å². The van der Waals surface area contributed by atoms with Crippen molar-refractivity contribution >= 4 is 11.6 Å². The monoisotopic (exact) mass is 322 g/mol. The Kier molecular flexibility index (Phi) is 5.17. The van der Waals surface area contributed by atoms with Gasteiger partial charge < -0.3 is 20.1 Å². The zero-order valence-electron chi connectivity index (χ0n) is 13.4. The number of hydrogen-bond acceptors (Lipinski definition) is 5. The molecule has 0 saturated carbocycles. The fourth-order valence-corrected chi connectivity index (χ4v) is 2.19. The van der Waals surface area contributed by atoms with Crippen molar-refractivity contribution in [3.63, 3.8) is 0 Å². The molecule has 1 aromatic carbocycles. The zero-order chi connectivity index (χ0) is 17.0. The van der Waals surface area contributed by atoms with Gasteiger partial charge in [-0.15, -0.1) is 0 Å². The van der Waals surface area contributed by atoms with Gasteiger partial charge in [-0.1, -0.05) is 0 Å². The van der Waals surface area contributed by atoms with E-state index >= 15 is 0 Å². The van der Waals surface area contributed by atoms with Gasteiger partial charge in [0.1, 0.15) is 6.04 Å². The van der Waals surface area contributed by atoms with Crippen LogP contribution in [0.15, 0.2) is 24.5 Å². The van der Waals surface area contributed by atoms with E-state index in [9.17, 15) is 9.18 Å². The second-order valence-corrected chi connectivity index (χ2v) is 4.85. The minimum absolute atomic E-state index is 0.0109. The average molecular weight is 322 g/mol. The molecule has 124 valence electrons. The van der Waals surface area contributed by atoms with Crippen molar-refractivity contribution in [3.8, 4) is 11.5 Å². The molecular formula is C15H19FN4O3. The van der Waals surface area contributed by atoms with Crippen molar-refractivity contribution in [2.75, 3.05) is 26.6 Å². The number of benzene rings is 1. The minimum Gasteiger partial charge on any atom is -0.493 e. The molecule has 1 aromatic heterocycles. The van der Waals surface area contributed by atoms with Gasteiger partial charge in [-0.2, -0.15) is 5.10 Å². The van der Waals surface area contributed by atoms with Gasteiger partial charge in [-0.25, -0.2) is 4.39 Å². The van der Waals surface area contributed by atoms with Crippen LogP contribution < -0.4 is 20.1 Å². The van der Waals surface area contributed by atoms with Crippen LogP contribution in [0.5, 0.6) is 11.5 Å². The van der Waals surface area contributed by atoms with Gasteiger partial charge in [0.15, 0.2) is 17.3 Å². The maximum absolute atomic E-state index is 14.1. The van der Waals surface area contributed by atoms with Gasteiger partial charge in [0.25, 0.3) is 0 Å². The van der Waals surface area contributed by atoms with Gasteiger partial charge in [0.05, 0.1) is 26.1 Å². The van der Waals surface area contributed by atoms with E-state index in [4.69, 9.17) is 9.47 Å². The first-order valence-corrected chi connectivity index (χ1v) is 6.88. The second kappa shape index (κ2) is 7.10. The SMILES string of the molecule is CNC(C(=O)Nc1cc(OC)c(OC)cc1F)c1cnn(C)c1. The smallest absolute Gasteiger partial charge is 0.246 e. The Balaban J connectivity index is 2.25. The van der Waals surface area contributed by atoms with Crippen molar-refractivity contribution in [3.05, 3.63) is 35.9 Å². The van der Waals surface area contributed by atoms with Crippen molar-refractivity contribution in [1.29, 1.82) is 0 Å². The largest absolute Gasteiger partial charge is 0.493 e. The van der Waals surface area contributed by atoms with Crippen LogP contribution in [0.25, 0.3) is 0 Å². The number of carbonyl (C=O) groups excluding carboxylic acids is 1. The Morgan fingerprint density at radius 1 is 1.30 bits per heavy atom. The van der Waals surface area contributed by atoms with Crippen molar-refractivity contribution in [2.45, 2.75) is 6.04 Å². The number of nitrogens with zero attached hydrogens (tertiary/aromatic N) is 2. The Labute approximate surface area is 133 Å². The number of carbonyl (C=O) groups is 1. The maximum atomic E-state index is 14.1. The van der Waals surface area contributed by atoms with Crippen molar-refractivity contribution < 1.29 is 18.7 Å². The number of rotatable bonds is 6. The van der Waals surface area contributed by atoms with E-state index in [1.54, 1.807) is 31.2 Å². The molecule has 1 amide bonds. The van der Waals surface area contributed by atoms with Crippen LogP contribution in [-0.2, 0) is 11.8 Å². The molecule has 7 nitrogen and oxygen atoms in total. The molecule has 23 heavy (non-hydrogen) atoms. The van der Waals surface area contributed by atoms with Gasteiger partial charge in [0, 0.05) is 30.9 Å². The molecule has 0 aliphatic carbocycles. The number of likely N-dealkylation sites (N-methyl/N-ethyl adjacent to an activating group) is 1. The standard InChI is InChI=1S/C15H19FN4O3/c1-17-14(9-7-18-20(2)8-9)15(21)19-11-6-13(23-4)12(22-3)5-10(11)16/h5-8,14,17H,1-4H3,(H,19,21). The number of nitrogens with one attached hydrogen (secondary N) is 2. The number of anilines is 1. The predicted molar refractivity (Wildman–Crippen MR) is 83.1 cm³/mol. The molecule has 0 saturated heterocycles. The first-order valence-electron chi connectivity index (χ1n) is 6.88. The summed E-state index contributed by atoms with van der Waals surface area (Å²) in [5, 5.41) is 9.45. The van der Waals surface area contributed by atoms with E-state index in [-0.39, 0.29) is 11.4 Å². The van der Waals surface area contributed by atoms with Crippen molar-refractivity contribution in [1.82, 2.24) is 15.1 Å². The Morgan fingerprint density at radius 3 is 2.48 bits per heavy atom. The van der Waals surface area contributed by atoms with Gasteiger partial charge in [-0.05, 0) is 7.05 Å². The quantitative estimate of drug-likeness (QED) is 0.842. The summed E-state index contributed by atoms with van der Waals surface area (Å²) in [5.41, 5.74) is 0.685. The summed E-state index contributed by atoms with van der Waals surface area (Å²) in [6.45, 7) is 0. The molecule has 2 aromatic rings. The van der Waals surface area contributed by atoms with Crippen LogP contribution in [0.4, 0.5) is 10.1 Å². The Hall–Kier alpha value is -2.61. The number of amides is 1. The van der Waals surface area contributed by atoms with E-state index < -0.39 is 17.8 Å². The second-order valence-electron chi connectivity index (χ2n) is 4.85. The predicted octanol–water partition coefficient (Wildman–Crippen LogP) is 1.48. The Morgan fingerprint density at radius 2 is 1.96 bits per heavy atom. The zero-order valence-corrected chi connectivity index (χ0v) is 13.4. The van der Waals surface area contributed by atoms with E-state index in [0.717, 1.165) is 6.07 Å². The number of aryl methyl sites for hydroxylation is 1. The molecule has 2 rings (SSSR count). The molecule has 0 spiro atoms. The Bertz CT molecular complexity index is 702. The molecular weight excluding hydrogens is 303 g/mol. The maximum Gasteiger partial charge on any atom is 0.246 e. The minimum atomic E-state index is -0.656. The molecule has 1 atom stereocenters. The lowest BCUT2D eigenvalue weighted by atomic mass is 10.1. The summed E-state index contributed by atoms with van der Waals surface area (Å²) in [7, 11) is 6.24. The van der Waals surface area contributed by atoms with Crippen molar-refractivity contribution in [2.24, 2.45) is 7.05 Å². The third-order valence-electron chi connectivity index (χ3n) is 3.34. The van der Waals surface area contributed by atoms with E-state index in [1.165, 1.54) is 20.3 Å². The van der Waals surface area contributed by atoms with Crippen LogP contribution >= 0.6 is 0 Å². The van der Waals surface area contributed by atoms with Gasteiger partial charge >= 0.3 is 0 Å². The summed E-state index contributed by atoms with van der Waals surface area (Å²) < 4.78 is 25.8. The molecule has 1 unspecified atom stereocenters. The number of hydrogen-bond donors (Lipinski definition) is 2. The average Bonchev–Trinajstić information content (AvgIpc) is 2.95. The van der Waals surface area contributed by atoms with E-state index in [0.29, 0.717) is 11.3 Å². The molecule has 0 aliphatic heterocycles. The molecule has 0 fully saturated rings. The highest BCUT2D eigenvalue weighted by atomic mass is 19.1. The van der Waals surface area contributed by atoms with E-state index in [2.05, 4.69) is 15.7 Å². The fraction of sp³-hybridized carbons (Fsp3) is 0.333. The highest BCUT2D eigenvalue weighted by molar-refractivity contribution is 5.95. The molecule has 8 heteroatoms. The number of halogens is 1. The molecule has 0 aliphatic rings. The highest BCUT2D eigenvalue weighted by Crippen LogP contribution is 2.32. The van der Waals surface area contributed by atoms with Gasteiger partial charge in [0.2, 0.25) is 5.91 Å². The fourth-order valence-electron chi connectivity index (χ4n) is 2.19. The first-order chi connectivity index (χ1) is 11.0. The molecule has 1 heterocycles. The normalized spacial score (nSPS) is 11.9. The summed E-state index contributed by atoms with van der Waals surface area (Å²) in [4.78, 5) is 12.4. The molecule has 0 radical (unpaired) electrons. The molecule has 0 bridgehead atoms. The van der Waals surface area contributed by atoms with Crippen LogP contribution in [0.3, 0.4) is 0 Å². The lowest BCUT2D eigenvalue weighted by molar-refractivity contribution is -0.118. The number of ether oxygens (including phenoxy) is 2. The third-order valence-corrected chi connectivity index (χ3v) is 3.34. The van der Waals surface area contributed by atoms with Crippen LogP contribution in [0, 0.1) is 5.82 Å². The number of aromatic nitrogens is 2. The van der Waals surface area contributed by atoms with Crippen LogP contribution in [0.1, 0.15) is 11.6 Å². The summed E-state index contributed by atoms with van der Waals surface area (Å²) in [5.74, 6) is -0.448. The lowest BCUT2D eigenvalue weighted by Gasteiger charge is -2.16. The lowest BCUT2D eigenvalue weighted by Crippen LogP contribution is -2.30. The summed E-state index contributed by atoms with van der Waals surface area (Å²) in [6, 6.07) is 1.88.